The first-order valence-electron chi connectivity index (χ1n) is 5.04. The van der Waals surface area contributed by atoms with Gasteiger partial charge in [0, 0.05) is 24.5 Å². The van der Waals surface area contributed by atoms with Crippen molar-refractivity contribution in [1.29, 1.82) is 0 Å². The molecule has 1 aliphatic heterocycles. The van der Waals surface area contributed by atoms with E-state index >= 15 is 0 Å². The summed E-state index contributed by atoms with van der Waals surface area (Å²) < 4.78 is 4.17. The predicted octanol–water partition coefficient (Wildman–Crippen LogP) is 1.15. The lowest BCUT2D eigenvalue weighted by atomic mass is 10.2. The van der Waals surface area contributed by atoms with Crippen LogP contribution in [-0.4, -0.2) is 33.0 Å². The van der Waals surface area contributed by atoms with E-state index in [2.05, 4.69) is 9.36 Å². The largest absolute Gasteiger partial charge is 0.480 e. The fraction of sp³-hybridized carbons (Fsp3) is 0.667. The van der Waals surface area contributed by atoms with Gasteiger partial charge >= 0.3 is 5.97 Å². The summed E-state index contributed by atoms with van der Waals surface area (Å²) >= 11 is 1.29. The van der Waals surface area contributed by atoms with E-state index in [0.717, 1.165) is 30.3 Å². The van der Waals surface area contributed by atoms with Crippen molar-refractivity contribution >= 4 is 22.6 Å². The number of aliphatic carboxylic acids is 1. The first kappa shape index (κ1) is 10.4. The van der Waals surface area contributed by atoms with Crippen molar-refractivity contribution < 1.29 is 9.90 Å². The minimum atomic E-state index is -0.763. The highest BCUT2D eigenvalue weighted by molar-refractivity contribution is 7.09. The summed E-state index contributed by atoms with van der Waals surface area (Å²) in [5.74, 6) is 0.0341. The molecule has 15 heavy (non-hydrogen) atoms. The number of carboxylic acids is 1. The maximum atomic E-state index is 11.0. The molecule has 1 saturated heterocycles. The van der Waals surface area contributed by atoms with Crippen LogP contribution >= 0.6 is 11.5 Å². The SMILES string of the molecule is CCc1nsc(N2CCC[C@@H]2C(=O)O)n1. The van der Waals surface area contributed by atoms with E-state index in [4.69, 9.17) is 5.11 Å². The number of carboxylic acid groups (broad SMARTS) is 1. The molecule has 82 valence electrons. The highest BCUT2D eigenvalue weighted by Crippen LogP contribution is 2.27. The summed E-state index contributed by atoms with van der Waals surface area (Å²) in [6.45, 7) is 2.76. The Morgan fingerprint density at radius 1 is 1.73 bits per heavy atom. The van der Waals surface area contributed by atoms with Gasteiger partial charge in [-0.1, -0.05) is 6.92 Å². The summed E-state index contributed by atoms with van der Waals surface area (Å²) in [4.78, 5) is 17.1. The second-order valence-corrected chi connectivity index (χ2v) is 4.27. The highest BCUT2D eigenvalue weighted by atomic mass is 32.1. The highest BCUT2D eigenvalue weighted by Gasteiger charge is 2.32. The molecule has 0 aromatic carbocycles. The molecule has 5 nitrogen and oxygen atoms in total. The molecule has 0 amide bonds. The zero-order valence-electron chi connectivity index (χ0n) is 8.51. The molecular weight excluding hydrogens is 214 g/mol. The van der Waals surface area contributed by atoms with Gasteiger partial charge in [0.2, 0.25) is 5.13 Å². The molecule has 0 aliphatic carbocycles. The maximum Gasteiger partial charge on any atom is 0.326 e. The molecule has 1 aromatic heterocycles. The van der Waals surface area contributed by atoms with E-state index in [-0.39, 0.29) is 0 Å². The average molecular weight is 227 g/mol. The Kier molecular flexibility index (Phi) is 2.86. The van der Waals surface area contributed by atoms with E-state index in [1.165, 1.54) is 11.5 Å². The first-order chi connectivity index (χ1) is 7.22. The lowest BCUT2D eigenvalue weighted by Crippen LogP contribution is -2.35. The van der Waals surface area contributed by atoms with Gasteiger partial charge in [0.25, 0.3) is 0 Å². The maximum absolute atomic E-state index is 11.0. The van der Waals surface area contributed by atoms with Crippen LogP contribution in [0.2, 0.25) is 0 Å². The van der Waals surface area contributed by atoms with Crippen molar-refractivity contribution in [3.8, 4) is 0 Å². The molecule has 1 aliphatic rings. The Hall–Kier alpha value is -1.17. The molecule has 0 spiro atoms. The van der Waals surface area contributed by atoms with E-state index in [9.17, 15) is 4.79 Å². The van der Waals surface area contributed by atoms with Crippen LogP contribution in [0.3, 0.4) is 0 Å². The van der Waals surface area contributed by atoms with Gasteiger partial charge in [0.15, 0.2) is 0 Å². The van der Waals surface area contributed by atoms with E-state index in [1.54, 1.807) is 0 Å². The van der Waals surface area contributed by atoms with Crippen LogP contribution in [0.5, 0.6) is 0 Å². The van der Waals surface area contributed by atoms with Crippen LogP contribution in [-0.2, 0) is 11.2 Å². The summed E-state index contributed by atoms with van der Waals surface area (Å²) in [7, 11) is 0. The van der Waals surface area contributed by atoms with E-state index in [1.807, 2.05) is 11.8 Å². The second-order valence-electron chi connectivity index (χ2n) is 3.54. The Morgan fingerprint density at radius 3 is 3.13 bits per heavy atom. The molecule has 2 rings (SSSR count). The van der Waals surface area contributed by atoms with Gasteiger partial charge in [-0.3, -0.25) is 0 Å². The fourth-order valence-electron chi connectivity index (χ4n) is 1.76. The van der Waals surface area contributed by atoms with Gasteiger partial charge in [-0.05, 0) is 12.8 Å². The van der Waals surface area contributed by atoms with Crippen molar-refractivity contribution in [2.45, 2.75) is 32.2 Å². The summed E-state index contributed by atoms with van der Waals surface area (Å²) in [5, 5.41) is 9.77. The van der Waals surface area contributed by atoms with Gasteiger partial charge in [-0.2, -0.15) is 4.37 Å². The van der Waals surface area contributed by atoms with Gasteiger partial charge in [-0.15, -0.1) is 0 Å². The third-order valence-electron chi connectivity index (χ3n) is 2.56. The quantitative estimate of drug-likeness (QED) is 0.839. The summed E-state index contributed by atoms with van der Waals surface area (Å²) in [5.41, 5.74) is 0. The van der Waals surface area contributed by atoms with Crippen molar-refractivity contribution in [2.24, 2.45) is 0 Å². The minimum absolute atomic E-state index is 0.414. The average Bonchev–Trinajstić information content (AvgIpc) is 2.85. The number of carbonyl (C=O) groups is 1. The van der Waals surface area contributed by atoms with Crippen LogP contribution in [0.1, 0.15) is 25.6 Å². The molecule has 0 bridgehead atoms. The van der Waals surface area contributed by atoms with Gasteiger partial charge in [0.05, 0.1) is 0 Å². The molecule has 0 unspecified atom stereocenters. The Morgan fingerprint density at radius 2 is 2.53 bits per heavy atom. The predicted molar refractivity (Wildman–Crippen MR) is 57.3 cm³/mol. The van der Waals surface area contributed by atoms with Gasteiger partial charge in [0.1, 0.15) is 11.9 Å². The molecule has 0 radical (unpaired) electrons. The molecule has 1 fully saturated rings. The zero-order chi connectivity index (χ0) is 10.8. The van der Waals surface area contributed by atoms with Crippen molar-refractivity contribution in [2.75, 3.05) is 11.4 Å². The molecule has 2 heterocycles. The normalized spacial score (nSPS) is 20.9. The van der Waals surface area contributed by atoms with Crippen molar-refractivity contribution in [3.63, 3.8) is 0 Å². The van der Waals surface area contributed by atoms with Crippen LogP contribution in [0.15, 0.2) is 0 Å². The lowest BCUT2D eigenvalue weighted by molar-refractivity contribution is -0.138. The second kappa shape index (κ2) is 4.14. The molecule has 1 aromatic rings. The smallest absolute Gasteiger partial charge is 0.326 e. The van der Waals surface area contributed by atoms with E-state index in [0.29, 0.717) is 6.42 Å². The van der Waals surface area contributed by atoms with Crippen molar-refractivity contribution in [1.82, 2.24) is 9.36 Å². The van der Waals surface area contributed by atoms with Gasteiger partial charge < -0.3 is 10.0 Å². The number of hydrogen-bond acceptors (Lipinski definition) is 5. The standard InChI is InChI=1S/C9H13N3O2S/c1-2-7-10-9(15-11-7)12-5-3-4-6(12)8(13)14/h6H,2-5H2,1H3,(H,13,14)/t6-/m1/s1. The molecule has 1 N–H and O–H groups in total. The number of rotatable bonds is 3. The third-order valence-corrected chi connectivity index (χ3v) is 3.35. The van der Waals surface area contributed by atoms with E-state index < -0.39 is 12.0 Å². The Labute approximate surface area is 91.9 Å². The molecule has 1 atom stereocenters. The van der Waals surface area contributed by atoms with Crippen LogP contribution in [0, 0.1) is 0 Å². The Bertz CT molecular complexity index is 366. The zero-order valence-corrected chi connectivity index (χ0v) is 9.33. The summed E-state index contributed by atoms with van der Waals surface area (Å²) in [6, 6.07) is -0.414. The number of anilines is 1. The fourth-order valence-corrected chi connectivity index (χ4v) is 2.58. The lowest BCUT2D eigenvalue weighted by Gasteiger charge is -2.19. The number of nitrogens with zero attached hydrogens (tertiary/aromatic N) is 3. The minimum Gasteiger partial charge on any atom is -0.480 e. The van der Waals surface area contributed by atoms with Crippen LogP contribution in [0.25, 0.3) is 0 Å². The Balaban J connectivity index is 2.18. The molecular formula is C9H13N3O2S. The van der Waals surface area contributed by atoms with Crippen molar-refractivity contribution in [3.05, 3.63) is 5.82 Å². The first-order valence-corrected chi connectivity index (χ1v) is 5.81. The molecule has 0 saturated carbocycles. The topological polar surface area (TPSA) is 66.3 Å². The van der Waals surface area contributed by atoms with Gasteiger partial charge in [-0.25, -0.2) is 9.78 Å². The number of hydrogen-bond donors (Lipinski definition) is 1. The monoisotopic (exact) mass is 227 g/mol. The van der Waals surface area contributed by atoms with Crippen LogP contribution < -0.4 is 4.90 Å². The number of aromatic nitrogens is 2. The molecule has 6 heteroatoms. The van der Waals surface area contributed by atoms with Crippen LogP contribution in [0.4, 0.5) is 5.13 Å². The third kappa shape index (κ3) is 1.94. The number of aryl methyl sites for hydroxylation is 1. The summed E-state index contributed by atoms with van der Waals surface area (Å²) in [6.07, 6.45) is 2.41.